The fourth-order valence-corrected chi connectivity index (χ4v) is 4.39. The number of amides is 1. The number of rotatable bonds is 6. The highest BCUT2D eigenvalue weighted by atomic mass is 35.5. The van der Waals surface area contributed by atoms with E-state index in [1.54, 1.807) is 38.1 Å². The molecule has 136 valence electrons. The monoisotopic (exact) mass is 390 g/mol. The minimum absolute atomic E-state index is 0.0720. The van der Waals surface area contributed by atoms with Crippen LogP contribution in [0.25, 0.3) is 0 Å². The van der Waals surface area contributed by atoms with Gasteiger partial charge in [-0.25, -0.2) is 8.42 Å². The maximum absolute atomic E-state index is 12.7. The first-order valence-corrected chi connectivity index (χ1v) is 9.83. The molecule has 2 aromatic rings. The van der Waals surface area contributed by atoms with Gasteiger partial charge in [0.2, 0.25) is 10.0 Å². The van der Waals surface area contributed by atoms with E-state index >= 15 is 0 Å². The minimum Gasteiger partial charge on any atom is -0.322 e. The minimum atomic E-state index is -3.78. The van der Waals surface area contributed by atoms with Crippen molar-refractivity contribution in [1.29, 1.82) is 0 Å². The molecule has 0 saturated heterocycles. The van der Waals surface area contributed by atoms with E-state index in [1.165, 1.54) is 22.5 Å². The zero-order valence-corrected chi connectivity index (χ0v) is 16.1. The number of sulfonamides is 1. The third-order valence-corrected chi connectivity index (χ3v) is 6.34. The van der Waals surface area contributed by atoms with Crippen LogP contribution < -0.4 is 5.32 Å². The number of hydrogen-bond donors (Lipinski definition) is 1. The molecule has 0 fully saturated rings. The summed E-state index contributed by atoms with van der Waals surface area (Å²) in [6.07, 6.45) is 5.35. The lowest BCUT2D eigenvalue weighted by atomic mass is 10.2. The van der Waals surface area contributed by atoms with Gasteiger partial charge in [-0.1, -0.05) is 37.4 Å². The van der Waals surface area contributed by atoms with Crippen LogP contribution in [-0.4, -0.2) is 31.7 Å². The second-order valence-electron chi connectivity index (χ2n) is 5.41. The van der Waals surface area contributed by atoms with Crippen molar-refractivity contribution in [2.45, 2.75) is 18.7 Å². The molecular formula is C19H19ClN2O3S. The van der Waals surface area contributed by atoms with Crippen molar-refractivity contribution in [2.75, 3.05) is 18.4 Å². The number of carbonyl (C=O) groups is 1. The number of halogens is 1. The van der Waals surface area contributed by atoms with Crippen LogP contribution in [-0.2, 0) is 10.0 Å². The van der Waals surface area contributed by atoms with Crippen LogP contribution in [0.2, 0.25) is 5.02 Å². The maximum Gasteiger partial charge on any atom is 0.255 e. The number of carbonyl (C=O) groups excluding carboxylic acids is 1. The molecule has 0 atom stereocenters. The van der Waals surface area contributed by atoms with E-state index in [4.69, 9.17) is 18.0 Å². The Bertz CT molecular complexity index is 961. The summed E-state index contributed by atoms with van der Waals surface area (Å²) >= 11 is 6.08. The van der Waals surface area contributed by atoms with Gasteiger partial charge in [-0.2, -0.15) is 4.31 Å². The van der Waals surface area contributed by atoms with Crippen molar-refractivity contribution in [3.05, 3.63) is 58.6 Å². The highest BCUT2D eigenvalue weighted by Crippen LogP contribution is 2.26. The highest BCUT2D eigenvalue weighted by molar-refractivity contribution is 7.89. The summed E-state index contributed by atoms with van der Waals surface area (Å²) in [6.45, 7) is 4.10. The maximum atomic E-state index is 12.7. The second kappa shape index (κ2) is 8.37. The molecule has 0 spiro atoms. The largest absolute Gasteiger partial charge is 0.322 e. The molecule has 0 radical (unpaired) electrons. The summed E-state index contributed by atoms with van der Waals surface area (Å²) in [6, 6.07) is 11.0. The third kappa shape index (κ3) is 4.25. The van der Waals surface area contributed by atoms with Crippen molar-refractivity contribution in [3.63, 3.8) is 0 Å². The molecule has 1 amide bonds. The van der Waals surface area contributed by atoms with Crippen LogP contribution in [0.15, 0.2) is 47.4 Å². The Morgan fingerprint density at radius 1 is 1.19 bits per heavy atom. The van der Waals surface area contributed by atoms with Gasteiger partial charge >= 0.3 is 0 Å². The summed E-state index contributed by atoms with van der Waals surface area (Å²) in [5.41, 5.74) is 1.34. The van der Waals surface area contributed by atoms with Crippen molar-refractivity contribution in [1.82, 2.24) is 4.31 Å². The number of nitrogens with zero attached hydrogens (tertiary/aromatic N) is 1. The smallest absolute Gasteiger partial charge is 0.255 e. The number of benzene rings is 2. The quantitative estimate of drug-likeness (QED) is 0.766. The van der Waals surface area contributed by atoms with Gasteiger partial charge in [-0.3, -0.25) is 4.79 Å². The van der Waals surface area contributed by atoms with Crippen molar-refractivity contribution in [3.8, 4) is 12.3 Å². The number of anilines is 1. The molecule has 0 unspecified atom stereocenters. The summed E-state index contributed by atoms with van der Waals surface area (Å²) in [7, 11) is -3.78. The van der Waals surface area contributed by atoms with Crippen LogP contribution in [0.5, 0.6) is 0 Å². The fraction of sp³-hybridized carbons (Fsp3) is 0.211. The van der Waals surface area contributed by atoms with Gasteiger partial charge in [-0.05, 0) is 36.4 Å². The Hall–Kier alpha value is -2.33. The molecule has 0 bridgehead atoms. The molecule has 0 heterocycles. The second-order valence-corrected chi connectivity index (χ2v) is 7.73. The average molecular weight is 391 g/mol. The van der Waals surface area contributed by atoms with Gasteiger partial charge in [0.15, 0.2) is 0 Å². The standard InChI is InChI=1S/C19H19ClN2O3S/c1-4-14-8-7-9-16(12-14)21-19(23)15-10-11-17(20)18(13-15)26(24,25)22(5-2)6-3/h1,7-13H,5-6H2,2-3H3,(H,21,23). The molecular weight excluding hydrogens is 372 g/mol. The molecule has 5 nitrogen and oxygen atoms in total. The lowest BCUT2D eigenvalue weighted by Gasteiger charge is -2.19. The number of nitrogens with one attached hydrogen (secondary N) is 1. The summed E-state index contributed by atoms with van der Waals surface area (Å²) in [5.74, 6) is 2.04. The predicted molar refractivity (Wildman–Crippen MR) is 104 cm³/mol. The Labute approximate surface area is 159 Å². The fourth-order valence-electron chi connectivity index (χ4n) is 2.43. The van der Waals surface area contributed by atoms with Gasteiger partial charge < -0.3 is 5.32 Å². The van der Waals surface area contributed by atoms with E-state index in [0.717, 1.165) is 0 Å². The van der Waals surface area contributed by atoms with Gasteiger partial charge in [0.25, 0.3) is 5.91 Å². The van der Waals surface area contributed by atoms with E-state index in [-0.39, 0.29) is 15.5 Å². The van der Waals surface area contributed by atoms with Crippen molar-refractivity contribution >= 4 is 33.2 Å². The molecule has 1 N–H and O–H groups in total. The Morgan fingerprint density at radius 2 is 1.88 bits per heavy atom. The van der Waals surface area contributed by atoms with E-state index in [1.807, 2.05) is 0 Å². The lowest BCUT2D eigenvalue weighted by molar-refractivity contribution is 0.102. The van der Waals surface area contributed by atoms with Gasteiger partial charge in [0.05, 0.1) is 5.02 Å². The van der Waals surface area contributed by atoms with Crippen molar-refractivity contribution in [2.24, 2.45) is 0 Å². The normalized spacial score (nSPS) is 11.2. The Morgan fingerprint density at radius 3 is 2.50 bits per heavy atom. The molecule has 7 heteroatoms. The SMILES string of the molecule is C#Cc1cccc(NC(=O)c2ccc(Cl)c(S(=O)(=O)N(CC)CC)c2)c1. The lowest BCUT2D eigenvalue weighted by Crippen LogP contribution is -2.31. The summed E-state index contributed by atoms with van der Waals surface area (Å²) < 4.78 is 26.7. The zero-order valence-electron chi connectivity index (χ0n) is 14.5. The van der Waals surface area contributed by atoms with Crippen LogP contribution in [0.1, 0.15) is 29.8 Å². The molecule has 26 heavy (non-hydrogen) atoms. The first kappa shape index (κ1) is 20.0. The summed E-state index contributed by atoms with van der Waals surface area (Å²) in [5, 5.41) is 2.77. The molecule has 2 aromatic carbocycles. The average Bonchev–Trinajstić information content (AvgIpc) is 2.62. The van der Waals surface area contributed by atoms with Crippen LogP contribution >= 0.6 is 11.6 Å². The van der Waals surface area contributed by atoms with Crippen LogP contribution in [0.4, 0.5) is 5.69 Å². The van der Waals surface area contributed by atoms with Gasteiger partial charge in [0.1, 0.15) is 4.90 Å². The zero-order chi connectivity index (χ0) is 19.3. The molecule has 0 saturated carbocycles. The Kier molecular flexibility index (Phi) is 6.43. The molecule has 0 aromatic heterocycles. The van der Waals surface area contributed by atoms with E-state index in [0.29, 0.717) is 24.3 Å². The number of hydrogen-bond acceptors (Lipinski definition) is 3. The van der Waals surface area contributed by atoms with E-state index in [2.05, 4.69) is 11.2 Å². The van der Waals surface area contributed by atoms with Crippen LogP contribution in [0, 0.1) is 12.3 Å². The number of terminal acetylenes is 1. The first-order chi connectivity index (χ1) is 12.3. The summed E-state index contributed by atoms with van der Waals surface area (Å²) in [4.78, 5) is 12.4. The molecule has 2 rings (SSSR count). The topological polar surface area (TPSA) is 66.5 Å². The molecule has 0 aliphatic carbocycles. The van der Waals surface area contributed by atoms with E-state index < -0.39 is 15.9 Å². The molecule has 0 aliphatic rings. The van der Waals surface area contributed by atoms with Gasteiger partial charge in [0, 0.05) is 29.9 Å². The van der Waals surface area contributed by atoms with Crippen molar-refractivity contribution < 1.29 is 13.2 Å². The van der Waals surface area contributed by atoms with E-state index in [9.17, 15) is 13.2 Å². The third-order valence-electron chi connectivity index (χ3n) is 3.80. The van der Waals surface area contributed by atoms with Crippen LogP contribution in [0.3, 0.4) is 0 Å². The highest BCUT2D eigenvalue weighted by Gasteiger charge is 2.25. The predicted octanol–water partition coefficient (Wildman–Crippen LogP) is 3.60. The van der Waals surface area contributed by atoms with Gasteiger partial charge in [-0.15, -0.1) is 6.42 Å². The molecule has 0 aliphatic heterocycles. The first-order valence-electron chi connectivity index (χ1n) is 8.01. The Balaban J connectivity index is 2.37.